The van der Waals surface area contributed by atoms with Crippen LogP contribution in [0.4, 0.5) is 20.4 Å². The third kappa shape index (κ3) is 5.65. The second-order valence-corrected chi connectivity index (χ2v) is 13.0. The summed E-state index contributed by atoms with van der Waals surface area (Å²) in [6.07, 6.45) is -4.35. The van der Waals surface area contributed by atoms with E-state index >= 15 is 8.78 Å². The molecule has 2 aliphatic rings. The van der Waals surface area contributed by atoms with Crippen molar-refractivity contribution in [2.45, 2.75) is 49.5 Å². The molecule has 4 aromatic heterocycles. The van der Waals surface area contributed by atoms with E-state index in [9.17, 15) is 9.69 Å². The zero-order valence-corrected chi connectivity index (χ0v) is 25.3. The third-order valence-electron chi connectivity index (χ3n) is 7.32. The molecule has 236 valence electrons. The largest absolute Gasteiger partial charge is 0.382 e. The first kappa shape index (κ1) is 31.1. The summed E-state index contributed by atoms with van der Waals surface area (Å²) in [7, 11) is 2.02. The molecule has 4 aromatic rings. The summed E-state index contributed by atoms with van der Waals surface area (Å²) in [5.74, 6) is -0.754. The molecule has 2 fully saturated rings. The number of rotatable bonds is 11. The van der Waals surface area contributed by atoms with Crippen molar-refractivity contribution in [3.63, 3.8) is 0 Å². The lowest BCUT2D eigenvalue weighted by Crippen LogP contribution is -2.34. The van der Waals surface area contributed by atoms with E-state index in [4.69, 9.17) is 46.3 Å². The van der Waals surface area contributed by atoms with Gasteiger partial charge in [-0.1, -0.05) is 0 Å². The Morgan fingerprint density at radius 3 is 2.14 bits per heavy atom. The Balaban J connectivity index is 1.17. The average Bonchev–Trinajstić information content (AvgIpc) is 3.75. The van der Waals surface area contributed by atoms with Crippen LogP contribution in [-0.4, -0.2) is 94.1 Å². The van der Waals surface area contributed by atoms with E-state index < -0.39 is 62.4 Å². The fraction of sp³-hybridized carbons (Fsp3) is 0.500. The van der Waals surface area contributed by atoms with Crippen molar-refractivity contribution in [3.05, 3.63) is 25.3 Å². The number of alkyl halides is 2. The lowest BCUT2D eigenvalue weighted by molar-refractivity contribution is -0.109. The van der Waals surface area contributed by atoms with Gasteiger partial charge in [0, 0.05) is 21.8 Å². The van der Waals surface area contributed by atoms with Gasteiger partial charge < -0.3 is 39.7 Å². The number of carbonyl (C=O) groups excluding carboxylic acids is 1. The first-order valence-electron chi connectivity index (χ1n) is 13.0. The van der Waals surface area contributed by atoms with Gasteiger partial charge in [-0.2, -0.15) is 0 Å². The predicted octanol–water partition coefficient (Wildman–Crippen LogP) is 0.932. The molecule has 0 spiro atoms. The Labute approximate surface area is 254 Å². The number of ether oxygens (including phenoxy) is 2. The van der Waals surface area contributed by atoms with Crippen LogP contribution in [0.5, 0.6) is 0 Å². The topological polar surface area (TPSA) is 223 Å². The minimum atomic E-state index is -4.23. The van der Waals surface area contributed by atoms with Crippen molar-refractivity contribution < 1.29 is 41.5 Å². The second-order valence-electron chi connectivity index (χ2n) is 9.92. The molecule has 44 heavy (non-hydrogen) atoms. The van der Waals surface area contributed by atoms with Gasteiger partial charge in [-0.05, 0) is 11.8 Å². The third-order valence-corrected chi connectivity index (χ3v) is 9.07. The van der Waals surface area contributed by atoms with Gasteiger partial charge in [0.15, 0.2) is 35.3 Å². The number of nitrogen functional groups attached to an aromatic ring is 2. The average molecular weight is 675 g/mol. The van der Waals surface area contributed by atoms with Gasteiger partial charge in [-0.25, -0.2) is 38.7 Å². The number of aromatic nitrogens is 8. The maximum Gasteiger partial charge on any atom is 0.325 e. The lowest BCUT2D eigenvalue weighted by Gasteiger charge is -2.25. The molecule has 0 aromatic carbocycles. The zero-order chi connectivity index (χ0) is 31.2. The fourth-order valence-corrected chi connectivity index (χ4v) is 6.91. The van der Waals surface area contributed by atoms with Gasteiger partial charge in [0.1, 0.15) is 60.7 Å². The van der Waals surface area contributed by atoms with Gasteiger partial charge in [0.25, 0.3) is 0 Å². The number of anilines is 2. The van der Waals surface area contributed by atoms with E-state index in [0.29, 0.717) is 6.29 Å². The molecule has 6 rings (SSSR count). The standard InChI is InChI=1S/C22H26F2N10O7P2S/c23-12-9(1-2-35)21(33-7-31-14-17(25)27-5-29-19(14)33)39-10(12)4-38-43(36,44)41-16-11(3-37-42)40-22(13(16)24)34-8-32-15-18(26)28-6-30-20(15)34/h2,5-13,16,21-22H,1,3-4,42H2,(H,36,44)(H2,25,27,29)(H2,26,28,30)/t9-,10-,11-,12-,13-,16-,21-,22-,43?/m1/s1. The highest BCUT2D eigenvalue weighted by Gasteiger charge is 2.51. The first-order chi connectivity index (χ1) is 21.1. The van der Waals surface area contributed by atoms with Crippen molar-refractivity contribution in [2.75, 3.05) is 24.7 Å². The summed E-state index contributed by atoms with van der Waals surface area (Å²) in [6.45, 7) is -4.97. The Morgan fingerprint density at radius 2 is 1.55 bits per heavy atom. The Hall–Kier alpha value is -2.93. The molecular weight excluding hydrogens is 648 g/mol. The number of hydrogen-bond donors (Lipinski definition) is 3. The smallest absolute Gasteiger partial charge is 0.325 e. The summed E-state index contributed by atoms with van der Waals surface area (Å²) in [5, 5.41) is 0. The van der Waals surface area contributed by atoms with Crippen molar-refractivity contribution in [2.24, 2.45) is 5.92 Å². The molecule has 10 atom stereocenters. The molecular formula is C22H26F2N10O7P2S. The van der Waals surface area contributed by atoms with E-state index in [1.807, 2.05) is 9.47 Å². The van der Waals surface area contributed by atoms with Crippen molar-refractivity contribution in [1.82, 2.24) is 39.0 Å². The van der Waals surface area contributed by atoms with Crippen molar-refractivity contribution >= 4 is 68.2 Å². The zero-order valence-electron chi connectivity index (χ0n) is 22.4. The number of imidazole rings is 2. The Kier molecular flexibility index (Phi) is 8.80. The summed E-state index contributed by atoms with van der Waals surface area (Å²) < 4.78 is 62.1. The highest BCUT2D eigenvalue weighted by Crippen LogP contribution is 2.51. The van der Waals surface area contributed by atoms with Gasteiger partial charge >= 0.3 is 6.72 Å². The van der Waals surface area contributed by atoms with Gasteiger partial charge in [-0.3, -0.25) is 13.7 Å². The molecule has 0 saturated carbocycles. The first-order valence-corrected chi connectivity index (χ1v) is 16.1. The minimum absolute atomic E-state index is 0.0932. The Bertz CT molecular complexity index is 1720. The molecule has 0 amide bonds. The second kappa shape index (κ2) is 12.5. The van der Waals surface area contributed by atoms with E-state index in [2.05, 4.69) is 29.9 Å². The van der Waals surface area contributed by atoms with Crippen LogP contribution in [0.2, 0.25) is 0 Å². The molecule has 5 N–H and O–H groups in total. The maximum atomic E-state index is 15.9. The van der Waals surface area contributed by atoms with Gasteiger partial charge in [0.05, 0.1) is 25.9 Å². The van der Waals surface area contributed by atoms with E-state index in [0.717, 1.165) is 0 Å². The lowest BCUT2D eigenvalue weighted by atomic mass is 9.98. The highest BCUT2D eigenvalue weighted by molar-refractivity contribution is 8.07. The molecule has 0 aliphatic carbocycles. The van der Waals surface area contributed by atoms with E-state index in [1.54, 1.807) is 0 Å². The van der Waals surface area contributed by atoms with Crippen molar-refractivity contribution in [3.8, 4) is 0 Å². The molecule has 17 nitrogen and oxygen atoms in total. The molecule has 6 heterocycles. The van der Waals surface area contributed by atoms with E-state index in [-0.39, 0.29) is 47.0 Å². The number of nitrogens with two attached hydrogens (primary N) is 2. The summed E-state index contributed by atoms with van der Waals surface area (Å²) >= 11 is 5.16. The van der Waals surface area contributed by atoms with Crippen LogP contribution in [0.25, 0.3) is 22.3 Å². The Morgan fingerprint density at radius 1 is 0.955 bits per heavy atom. The molecule has 22 heteroatoms. The molecule has 0 bridgehead atoms. The van der Waals surface area contributed by atoms with Crippen LogP contribution >= 0.6 is 16.2 Å². The molecule has 2 unspecified atom stereocenters. The number of halogens is 2. The molecule has 0 radical (unpaired) electrons. The number of aldehydes is 1. The number of nitrogens with zero attached hydrogens (tertiary/aromatic N) is 8. The van der Waals surface area contributed by atoms with Crippen LogP contribution in [0, 0.1) is 5.92 Å². The number of carbonyl (C=O) groups is 1. The number of hydrogen-bond acceptors (Lipinski definition) is 15. The minimum Gasteiger partial charge on any atom is -0.382 e. The maximum absolute atomic E-state index is 15.9. The fourth-order valence-electron chi connectivity index (χ4n) is 5.29. The monoisotopic (exact) mass is 674 g/mol. The highest BCUT2D eigenvalue weighted by atomic mass is 32.5. The van der Waals surface area contributed by atoms with Gasteiger partial charge in [0.2, 0.25) is 0 Å². The SMILES string of the molecule is Nc1ncnc2c1ncn2[C@@H]1O[C@H](COP)[C@@H](OP(O)(=S)OC[C@H]2O[C@@H](n3cnc4c(N)ncnc43)[C@H](CC=O)[C@H]2F)[C@H]1F. The van der Waals surface area contributed by atoms with Crippen LogP contribution in [0.1, 0.15) is 18.9 Å². The van der Waals surface area contributed by atoms with Crippen molar-refractivity contribution in [1.29, 1.82) is 0 Å². The number of fused-ring (bicyclic) bond motifs is 2. The predicted molar refractivity (Wildman–Crippen MR) is 154 cm³/mol. The summed E-state index contributed by atoms with van der Waals surface area (Å²) in [6, 6.07) is 0. The van der Waals surface area contributed by atoms with Crippen LogP contribution in [-0.2, 0) is 39.6 Å². The summed E-state index contributed by atoms with van der Waals surface area (Å²) in [5.41, 5.74) is 12.7. The quantitative estimate of drug-likeness (QED) is 0.149. The normalized spacial score (nSPS) is 30.3. The van der Waals surface area contributed by atoms with Crippen LogP contribution in [0.15, 0.2) is 25.3 Å². The van der Waals surface area contributed by atoms with E-state index in [1.165, 1.54) is 34.4 Å². The van der Waals surface area contributed by atoms with Gasteiger partial charge in [-0.15, -0.1) is 0 Å². The molecule has 2 aliphatic heterocycles. The van der Waals surface area contributed by atoms with Crippen LogP contribution < -0.4 is 11.5 Å². The summed E-state index contributed by atoms with van der Waals surface area (Å²) in [4.78, 5) is 46.6. The van der Waals surface area contributed by atoms with Crippen LogP contribution in [0.3, 0.4) is 0 Å². The molecule has 2 saturated heterocycles.